The molecular weight excluding hydrogens is 475 g/mol. The van der Waals surface area contributed by atoms with Gasteiger partial charge in [-0.25, -0.2) is 24.7 Å². The highest BCUT2D eigenvalue weighted by Crippen LogP contribution is 2.41. The lowest BCUT2D eigenvalue weighted by atomic mass is 10.0. The number of thiazole rings is 1. The molecule has 0 bridgehead atoms. The SMILES string of the molecule is CCNC(=O)Nc1cc(-c2nc(C(F)(F)F)c(C)s2)c(-c2cncc(-c3n[nH]c(=O)o3)c2)cn1. The van der Waals surface area contributed by atoms with Crippen LogP contribution in [0.5, 0.6) is 0 Å². The van der Waals surface area contributed by atoms with E-state index < -0.39 is 23.7 Å². The van der Waals surface area contributed by atoms with Crippen LogP contribution in [0, 0.1) is 6.92 Å². The number of rotatable bonds is 5. The number of urea groups is 1. The van der Waals surface area contributed by atoms with Crippen molar-refractivity contribution >= 4 is 23.2 Å². The van der Waals surface area contributed by atoms with Crippen molar-refractivity contribution in [3.8, 4) is 33.2 Å². The van der Waals surface area contributed by atoms with Crippen LogP contribution >= 0.6 is 11.3 Å². The number of nitrogens with zero attached hydrogens (tertiary/aromatic N) is 4. The van der Waals surface area contributed by atoms with Crippen LogP contribution in [0.4, 0.5) is 23.8 Å². The normalized spacial score (nSPS) is 11.4. The first-order chi connectivity index (χ1) is 16.2. The minimum atomic E-state index is -4.62. The molecule has 176 valence electrons. The Hall–Kier alpha value is -4.07. The molecule has 0 aliphatic rings. The van der Waals surface area contributed by atoms with Crippen molar-refractivity contribution in [1.29, 1.82) is 0 Å². The number of carbonyl (C=O) groups is 1. The fourth-order valence-corrected chi connectivity index (χ4v) is 4.05. The van der Waals surface area contributed by atoms with Crippen molar-refractivity contribution in [2.75, 3.05) is 11.9 Å². The maximum absolute atomic E-state index is 13.4. The topological polar surface area (TPSA) is 139 Å². The zero-order valence-electron chi connectivity index (χ0n) is 17.6. The van der Waals surface area contributed by atoms with Crippen LogP contribution in [-0.2, 0) is 6.18 Å². The Bertz CT molecular complexity index is 1410. The van der Waals surface area contributed by atoms with Crippen LogP contribution in [0.1, 0.15) is 17.5 Å². The molecule has 4 aromatic heterocycles. The smallest absolute Gasteiger partial charge is 0.388 e. The van der Waals surface area contributed by atoms with Gasteiger partial charge in [-0.2, -0.15) is 13.2 Å². The third-order valence-corrected chi connectivity index (χ3v) is 5.52. The molecule has 0 aromatic carbocycles. The van der Waals surface area contributed by atoms with Gasteiger partial charge in [-0.1, -0.05) is 0 Å². The van der Waals surface area contributed by atoms with Crippen LogP contribution in [0.25, 0.3) is 33.2 Å². The predicted molar refractivity (Wildman–Crippen MR) is 117 cm³/mol. The minimum absolute atomic E-state index is 0.00586. The van der Waals surface area contributed by atoms with E-state index in [0.717, 1.165) is 11.3 Å². The van der Waals surface area contributed by atoms with Gasteiger partial charge < -0.3 is 9.73 Å². The summed E-state index contributed by atoms with van der Waals surface area (Å²) in [6.07, 6.45) is -0.345. The summed E-state index contributed by atoms with van der Waals surface area (Å²) in [6.45, 7) is 3.44. The molecule has 4 rings (SSSR count). The molecular formula is C20H16F3N7O3S. The Labute approximate surface area is 193 Å². The van der Waals surface area contributed by atoms with Crippen LogP contribution in [-0.4, -0.2) is 37.7 Å². The Morgan fingerprint density at radius 2 is 1.94 bits per heavy atom. The van der Waals surface area contributed by atoms with Gasteiger partial charge in [0.25, 0.3) is 5.89 Å². The quantitative estimate of drug-likeness (QED) is 0.382. The number of aryl methyl sites for hydroxylation is 1. The molecule has 0 fully saturated rings. The van der Waals surface area contributed by atoms with E-state index in [2.05, 4.69) is 35.8 Å². The molecule has 0 atom stereocenters. The minimum Gasteiger partial charge on any atom is -0.388 e. The Morgan fingerprint density at radius 3 is 2.59 bits per heavy atom. The van der Waals surface area contributed by atoms with E-state index in [4.69, 9.17) is 4.42 Å². The van der Waals surface area contributed by atoms with Gasteiger partial charge in [0, 0.05) is 46.7 Å². The average molecular weight is 491 g/mol. The Morgan fingerprint density at radius 1 is 1.18 bits per heavy atom. The van der Waals surface area contributed by atoms with E-state index >= 15 is 0 Å². The van der Waals surface area contributed by atoms with Crippen molar-refractivity contribution < 1.29 is 22.4 Å². The third kappa shape index (κ3) is 4.80. The lowest BCUT2D eigenvalue weighted by Crippen LogP contribution is -2.28. The molecule has 10 nitrogen and oxygen atoms in total. The number of nitrogens with one attached hydrogen (secondary N) is 3. The first kappa shape index (κ1) is 23.1. The van der Waals surface area contributed by atoms with E-state index in [-0.39, 0.29) is 21.6 Å². The highest BCUT2D eigenvalue weighted by atomic mass is 32.1. The maximum atomic E-state index is 13.4. The molecule has 2 amide bonds. The molecule has 3 N–H and O–H groups in total. The van der Waals surface area contributed by atoms with E-state index in [0.29, 0.717) is 28.8 Å². The molecule has 4 heterocycles. The van der Waals surface area contributed by atoms with E-state index in [1.54, 1.807) is 13.0 Å². The summed E-state index contributed by atoms with van der Waals surface area (Å²) in [5, 5.41) is 11.1. The number of hydrogen-bond acceptors (Lipinski definition) is 8. The van der Waals surface area contributed by atoms with Crippen molar-refractivity contribution in [2.24, 2.45) is 0 Å². The van der Waals surface area contributed by atoms with Crippen molar-refractivity contribution in [2.45, 2.75) is 20.0 Å². The summed E-state index contributed by atoms with van der Waals surface area (Å²) in [7, 11) is 0. The number of anilines is 1. The standard InChI is InChI=1S/C20H16F3N7O3S/c1-3-25-18(31)27-14-5-12(17-28-15(9(2)34-17)20(21,22)23)13(8-26-14)10-4-11(7-24-6-10)16-29-30-19(32)33-16/h4-8H,3H2,1-2H3,(H,30,32)(H2,25,26,27,31). The molecule has 0 saturated carbocycles. The molecule has 34 heavy (non-hydrogen) atoms. The van der Waals surface area contributed by atoms with E-state index in [1.807, 2.05) is 0 Å². The average Bonchev–Trinajstić information content (AvgIpc) is 3.39. The molecule has 14 heteroatoms. The Kier molecular flexibility index (Phi) is 6.15. The number of hydrogen-bond donors (Lipinski definition) is 3. The summed E-state index contributed by atoms with van der Waals surface area (Å²) in [6, 6.07) is 2.51. The van der Waals surface area contributed by atoms with E-state index in [1.165, 1.54) is 31.6 Å². The number of pyridine rings is 2. The lowest BCUT2D eigenvalue weighted by Gasteiger charge is -2.11. The number of alkyl halides is 3. The van der Waals surface area contributed by atoms with Crippen LogP contribution in [0.3, 0.4) is 0 Å². The number of amides is 2. The summed E-state index contributed by atoms with van der Waals surface area (Å²) in [5.74, 6) is -0.636. The van der Waals surface area contributed by atoms with Gasteiger partial charge in [0.2, 0.25) is 0 Å². The van der Waals surface area contributed by atoms with Gasteiger partial charge in [-0.05, 0) is 26.0 Å². The molecule has 0 radical (unpaired) electrons. The zero-order valence-corrected chi connectivity index (χ0v) is 18.5. The number of carbonyl (C=O) groups excluding carboxylic acids is 1. The highest BCUT2D eigenvalue weighted by Gasteiger charge is 2.36. The lowest BCUT2D eigenvalue weighted by molar-refractivity contribution is -0.141. The van der Waals surface area contributed by atoms with Crippen LogP contribution < -0.4 is 16.4 Å². The van der Waals surface area contributed by atoms with Crippen LogP contribution in [0.2, 0.25) is 0 Å². The number of H-pyrrole nitrogens is 1. The van der Waals surface area contributed by atoms with Gasteiger partial charge in [-0.3, -0.25) is 10.3 Å². The molecule has 0 unspecified atom stereocenters. The van der Waals surface area contributed by atoms with Gasteiger partial charge in [0.15, 0.2) is 5.69 Å². The Balaban J connectivity index is 1.85. The fraction of sp³-hybridized carbons (Fsp3) is 0.200. The van der Waals surface area contributed by atoms with Crippen molar-refractivity contribution in [3.63, 3.8) is 0 Å². The highest BCUT2D eigenvalue weighted by molar-refractivity contribution is 7.15. The second kappa shape index (κ2) is 9.05. The molecule has 4 aromatic rings. The number of halogens is 3. The molecule has 0 aliphatic heterocycles. The van der Waals surface area contributed by atoms with Gasteiger partial charge in [-0.15, -0.1) is 16.4 Å². The van der Waals surface area contributed by atoms with Gasteiger partial charge >= 0.3 is 18.0 Å². The zero-order chi connectivity index (χ0) is 24.5. The maximum Gasteiger partial charge on any atom is 0.434 e. The van der Waals surface area contributed by atoms with Crippen molar-refractivity contribution in [3.05, 3.63) is 51.8 Å². The largest absolute Gasteiger partial charge is 0.434 e. The fourth-order valence-electron chi connectivity index (χ4n) is 3.08. The number of aromatic amines is 1. The molecule has 0 spiro atoms. The van der Waals surface area contributed by atoms with Gasteiger partial charge in [0.05, 0.1) is 5.56 Å². The predicted octanol–water partition coefficient (Wildman–Crippen LogP) is 4.08. The second-order valence-electron chi connectivity index (χ2n) is 6.90. The monoisotopic (exact) mass is 491 g/mol. The summed E-state index contributed by atoms with van der Waals surface area (Å²) in [5.41, 5.74) is 0.525. The van der Waals surface area contributed by atoms with E-state index in [9.17, 15) is 22.8 Å². The summed E-state index contributed by atoms with van der Waals surface area (Å²) < 4.78 is 45.1. The van der Waals surface area contributed by atoms with Crippen molar-refractivity contribution in [1.82, 2.24) is 30.5 Å². The summed E-state index contributed by atoms with van der Waals surface area (Å²) >= 11 is 0.860. The first-order valence-corrected chi connectivity index (χ1v) is 10.6. The number of aromatic nitrogens is 5. The second-order valence-corrected chi connectivity index (χ2v) is 8.10. The van der Waals surface area contributed by atoms with Crippen LogP contribution in [0.15, 0.2) is 39.9 Å². The molecule has 0 saturated heterocycles. The third-order valence-electron chi connectivity index (χ3n) is 4.51. The summed E-state index contributed by atoms with van der Waals surface area (Å²) in [4.78, 5) is 35.4. The van der Waals surface area contributed by atoms with Gasteiger partial charge in [0.1, 0.15) is 10.8 Å². The molecule has 0 aliphatic carbocycles. The first-order valence-electron chi connectivity index (χ1n) is 9.77.